The van der Waals surface area contributed by atoms with Crippen molar-refractivity contribution in [3.05, 3.63) is 36.1 Å². The van der Waals surface area contributed by atoms with Crippen LogP contribution >= 0.6 is 0 Å². The number of carbonyl (C=O) groups excluding carboxylic acids is 3. The highest BCUT2D eigenvalue weighted by atomic mass is 16.3. The average Bonchev–Trinajstić information content (AvgIpc) is 2.33. The van der Waals surface area contributed by atoms with Gasteiger partial charge in [-0.15, -0.1) is 0 Å². The van der Waals surface area contributed by atoms with E-state index in [9.17, 15) is 19.5 Å². The summed E-state index contributed by atoms with van der Waals surface area (Å²) in [6, 6.07) is -0.767. The molecule has 19 heavy (non-hydrogen) atoms. The molecule has 102 valence electrons. The molecule has 1 aliphatic rings. The molecule has 0 spiro atoms. The number of hydrogen-bond acceptors (Lipinski definition) is 4. The van der Waals surface area contributed by atoms with Crippen molar-refractivity contribution < 1.29 is 19.5 Å². The highest BCUT2D eigenvalue weighted by Crippen LogP contribution is 2.08. The van der Waals surface area contributed by atoms with Gasteiger partial charge in [0.15, 0.2) is 0 Å². The zero-order chi connectivity index (χ0) is 14.4. The highest BCUT2D eigenvalue weighted by molar-refractivity contribution is 6.04. The van der Waals surface area contributed by atoms with Crippen LogP contribution in [0.2, 0.25) is 0 Å². The van der Waals surface area contributed by atoms with Crippen molar-refractivity contribution in [3.63, 3.8) is 0 Å². The second-order valence-electron chi connectivity index (χ2n) is 4.07. The van der Waals surface area contributed by atoms with E-state index in [2.05, 4.69) is 17.2 Å². The summed E-state index contributed by atoms with van der Waals surface area (Å²) >= 11 is 0. The molecule has 0 aromatic rings. The van der Waals surface area contributed by atoms with Crippen LogP contribution in [-0.2, 0) is 14.4 Å². The number of carbonyl (C=O) groups is 3. The molecule has 0 aliphatic carbocycles. The van der Waals surface area contributed by atoms with Gasteiger partial charge in [0.2, 0.25) is 11.8 Å². The first-order valence-corrected chi connectivity index (χ1v) is 5.79. The fraction of sp³-hybridized carbons (Fsp3) is 0.308. The Labute approximate surface area is 110 Å². The Kier molecular flexibility index (Phi) is 5.05. The smallest absolute Gasteiger partial charge is 0.255 e. The normalized spacial score (nSPS) is 20.8. The topological polar surface area (TPSA) is 95.5 Å². The first-order valence-electron chi connectivity index (χ1n) is 5.79. The van der Waals surface area contributed by atoms with E-state index in [-0.39, 0.29) is 30.1 Å². The maximum absolute atomic E-state index is 11.9. The molecular weight excluding hydrogens is 248 g/mol. The van der Waals surface area contributed by atoms with Crippen LogP contribution in [0.4, 0.5) is 0 Å². The van der Waals surface area contributed by atoms with E-state index >= 15 is 0 Å². The van der Waals surface area contributed by atoms with Crippen LogP contribution in [0, 0.1) is 0 Å². The fourth-order valence-electron chi connectivity index (χ4n) is 1.59. The van der Waals surface area contributed by atoms with Crippen LogP contribution in [0.5, 0.6) is 0 Å². The molecule has 3 N–H and O–H groups in total. The highest BCUT2D eigenvalue weighted by Gasteiger charge is 2.28. The van der Waals surface area contributed by atoms with Crippen molar-refractivity contribution in [3.8, 4) is 0 Å². The molecule has 0 aromatic carbocycles. The summed E-state index contributed by atoms with van der Waals surface area (Å²) in [6.45, 7) is 4.83. The van der Waals surface area contributed by atoms with Gasteiger partial charge in [-0.05, 0) is 19.4 Å². The maximum atomic E-state index is 11.9. The molecule has 1 aliphatic heterocycles. The minimum absolute atomic E-state index is 0.0459. The third-order valence-corrected chi connectivity index (χ3v) is 2.58. The number of rotatable bonds is 4. The monoisotopic (exact) mass is 264 g/mol. The summed E-state index contributed by atoms with van der Waals surface area (Å²) in [5.41, 5.74) is 0.0459. The Bertz CT molecular complexity index is 473. The lowest BCUT2D eigenvalue weighted by Gasteiger charge is -2.22. The van der Waals surface area contributed by atoms with E-state index in [1.165, 1.54) is 25.2 Å². The molecule has 0 aromatic heterocycles. The molecular formula is C13H16N2O4. The van der Waals surface area contributed by atoms with Gasteiger partial charge in [0.05, 0.1) is 5.57 Å². The predicted octanol–water partition coefficient (Wildman–Crippen LogP) is 0.482. The zero-order valence-corrected chi connectivity index (χ0v) is 10.6. The van der Waals surface area contributed by atoms with E-state index in [1.54, 1.807) is 0 Å². The number of piperidine rings is 1. The summed E-state index contributed by atoms with van der Waals surface area (Å²) in [5, 5.41) is 14.0. The summed E-state index contributed by atoms with van der Waals surface area (Å²) in [5.74, 6) is -1.63. The second-order valence-corrected chi connectivity index (χ2v) is 4.07. The van der Waals surface area contributed by atoms with Crippen molar-refractivity contribution in [2.75, 3.05) is 0 Å². The number of hydrogen-bond donors (Lipinski definition) is 3. The molecule has 6 heteroatoms. The van der Waals surface area contributed by atoms with Gasteiger partial charge >= 0.3 is 0 Å². The van der Waals surface area contributed by atoms with E-state index in [0.29, 0.717) is 0 Å². The summed E-state index contributed by atoms with van der Waals surface area (Å²) < 4.78 is 0. The van der Waals surface area contributed by atoms with E-state index in [1.807, 2.05) is 0 Å². The van der Waals surface area contributed by atoms with E-state index in [0.717, 1.165) is 0 Å². The molecule has 1 saturated heterocycles. The Morgan fingerprint density at radius 2 is 2.21 bits per heavy atom. The lowest BCUT2D eigenvalue weighted by molar-refractivity contribution is -0.136. The van der Waals surface area contributed by atoms with Gasteiger partial charge in [-0.25, -0.2) is 0 Å². The summed E-state index contributed by atoms with van der Waals surface area (Å²) in [7, 11) is 0. The Morgan fingerprint density at radius 1 is 1.53 bits per heavy atom. The van der Waals surface area contributed by atoms with Crippen molar-refractivity contribution in [1.82, 2.24) is 10.6 Å². The van der Waals surface area contributed by atoms with Gasteiger partial charge in [0, 0.05) is 6.42 Å². The molecule has 1 heterocycles. The van der Waals surface area contributed by atoms with Gasteiger partial charge in [-0.1, -0.05) is 18.7 Å². The number of aliphatic hydroxyl groups is 1. The van der Waals surface area contributed by atoms with Gasteiger partial charge in [-0.2, -0.15) is 0 Å². The van der Waals surface area contributed by atoms with Crippen LogP contribution in [0.1, 0.15) is 19.8 Å². The third kappa shape index (κ3) is 4.09. The Morgan fingerprint density at radius 3 is 2.74 bits per heavy atom. The third-order valence-electron chi connectivity index (χ3n) is 2.58. The molecule has 1 atom stereocenters. The summed E-state index contributed by atoms with van der Waals surface area (Å²) in [4.78, 5) is 34.4. The van der Waals surface area contributed by atoms with Gasteiger partial charge < -0.3 is 10.4 Å². The largest absolute Gasteiger partial charge is 0.512 e. The van der Waals surface area contributed by atoms with Gasteiger partial charge in [-0.3, -0.25) is 19.7 Å². The van der Waals surface area contributed by atoms with Crippen molar-refractivity contribution in [2.45, 2.75) is 25.8 Å². The maximum Gasteiger partial charge on any atom is 0.255 e. The van der Waals surface area contributed by atoms with Gasteiger partial charge in [0.1, 0.15) is 11.8 Å². The van der Waals surface area contributed by atoms with E-state index in [4.69, 9.17) is 0 Å². The SMILES string of the molecule is C=C/C=C\C(C(=O)NC1CCC(=O)NC1=O)=C(\C)O. The molecule has 1 fully saturated rings. The zero-order valence-electron chi connectivity index (χ0n) is 10.6. The van der Waals surface area contributed by atoms with Crippen LogP contribution in [0.15, 0.2) is 36.1 Å². The fourth-order valence-corrected chi connectivity index (χ4v) is 1.59. The van der Waals surface area contributed by atoms with Crippen LogP contribution in [0.3, 0.4) is 0 Å². The van der Waals surface area contributed by atoms with Gasteiger partial charge in [0.25, 0.3) is 5.91 Å². The standard InChI is InChI=1S/C13H16N2O4/c1-3-4-5-9(8(2)16)12(18)14-10-6-7-11(17)15-13(10)19/h3-5,10,16H,1,6-7H2,2H3,(H,14,18)(H,15,17,19)/b5-4-,9-8+. The van der Waals surface area contributed by atoms with Crippen molar-refractivity contribution in [1.29, 1.82) is 0 Å². The molecule has 0 radical (unpaired) electrons. The number of nitrogens with one attached hydrogen (secondary N) is 2. The summed E-state index contributed by atoms with van der Waals surface area (Å²) in [6.07, 6.45) is 4.78. The molecule has 0 bridgehead atoms. The molecule has 3 amide bonds. The Balaban J connectivity index is 2.75. The average molecular weight is 264 g/mol. The quantitative estimate of drug-likeness (QED) is 0.298. The Hall–Kier alpha value is -2.37. The number of allylic oxidation sites excluding steroid dienone is 3. The lowest BCUT2D eigenvalue weighted by atomic mass is 10.1. The number of amides is 3. The van der Waals surface area contributed by atoms with E-state index < -0.39 is 17.9 Å². The number of imide groups is 1. The minimum atomic E-state index is -0.767. The molecule has 0 saturated carbocycles. The second kappa shape index (κ2) is 6.53. The molecule has 1 unspecified atom stereocenters. The van der Waals surface area contributed by atoms with Crippen molar-refractivity contribution in [2.24, 2.45) is 0 Å². The molecule has 6 nitrogen and oxygen atoms in total. The first-order chi connectivity index (χ1) is 8.95. The van der Waals surface area contributed by atoms with Crippen LogP contribution in [0.25, 0.3) is 0 Å². The minimum Gasteiger partial charge on any atom is -0.512 e. The molecule has 1 rings (SSSR count). The first kappa shape index (κ1) is 14.7. The lowest BCUT2D eigenvalue weighted by Crippen LogP contribution is -2.52. The predicted molar refractivity (Wildman–Crippen MR) is 69.0 cm³/mol. The van der Waals surface area contributed by atoms with Crippen molar-refractivity contribution >= 4 is 17.7 Å². The van der Waals surface area contributed by atoms with Crippen LogP contribution in [-0.4, -0.2) is 28.9 Å². The van der Waals surface area contributed by atoms with Crippen LogP contribution < -0.4 is 10.6 Å². The number of aliphatic hydroxyl groups excluding tert-OH is 1.